The van der Waals surface area contributed by atoms with Crippen LogP contribution in [0, 0.1) is 6.92 Å². The van der Waals surface area contributed by atoms with Crippen molar-refractivity contribution in [3.8, 4) is 11.4 Å². The lowest BCUT2D eigenvalue weighted by Gasteiger charge is -2.09. The van der Waals surface area contributed by atoms with Gasteiger partial charge in [-0.1, -0.05) is 24.3 Å². The molecule has 0 saturated carbocycles. The summed E-state index contributed by atoms with van der Waals surface area (Å²) in [6.07, 6.45) is 0. The van der Waals surface area contributed by atoms with Crippen LogP contribution in [0.2, 0.25) is 0 Å². The molecule has 5 rings (SSSR count). The third-order valence-electron chi connectivity index (χ3n) is 5.35. The summed E-state index contributed by atoms with van der Waals surface area (Å²) < 4.78 is 34.3. The third kappa shape index (κ3) is 3.07. The van der Waals surface area contributed by atoms with E-state index in [-0.39, 0.29) is 21.1 Å². The lowest BCUT2D eigenvalue weighted by Crippen LogP contribution is -2.07. The molecule has 0 atom stereocenters. The van der Waals surface area contributed by atoms with E-state index in [4.69, 9.17) is 15.5 Å². The van der Waals surface area contributed by atoms with E-state index in [0.717, 1.165) is 5.56 Å². The summed E-state index contributed by atoms with van der Waals surface area (Å²) in [7, 11) is -2.38. The number of anilines is 1. The zero-order valence-electron chi connectivity index (χ0n) is 17.5. The highest BCUT2D eigenvalue weighted by atomic mass is 32.2. The van der Waals surface area contributed by atoms with Gasteiger partial charge in [0.15, 0.2) is 5.65 Å². The second-order valence-corrected chi connectivity index (χ2v) is 9.34. The molecule has 2 N–H and O–H groups in total. The number of methoxy groups -OCH3 is 1. The lowest BCUT2D eigenvalue weighted by atomic mass is 10.2. The molecule has 0 saturated heterocycles. The third-order valence-corrected chi connectivity index (χ3v) is 7.17. The number of aryl methyl sites for hydroxylation is 1. The normalized spacial score (nSPS) is 11.8. The summed E-state index contributed by atoms with van der Waals surface area (Å²) in [4.78, 5) is 9.50. The molecule has 160 valence electrons. The molecule has 2 aromatic heterocycles. The molecule has 0 unspecified atom stereocenters. The fourth-order valence-corrected chi connectivity index (χ4v) is 5.39. The van der Waals surface area contributed by atoms with Gasteiger partial charge in [-0.15, -0.1) is 0 Å². The zero-order chi connectivity index (χ0) is 22.5. The maximum Gasteiger partial charge on any atom is 0.212 e. The minimum absolute atomic E-state index is 0.0489. The molecular formula is C24H20N4O3S. The van der Waals surface area contributed by atoms with Gasteiger partial charge in [0.05, 0.1) is 23.0 Å². The number of nitrogens with two attached hydrogens (primary N) is 1. The first-order chi connectivity index (χ1) is 15.4. The molecule has 0 radical (unpaired) electrons. The average Bonchev–Trinajstić information content (AvgIpc) is 3.08. The zero-order valence-corrected chi connectivity index (χ0v) is 18.3. The Morgan fingerprint density at radius 3 is 2.25 bits per heavy atom. The van der Waals surface area contributed by atoms with Crippen LogP contribution < -0.4 is 10.5 Å². The van der Waals surface area contributed by atoms with Crippen molar-refractivity contribution >= 4 is 37.9 Å². The minimum Gasteiger partial charge on any atom is -0.497 e. The summed E-state index contributed by atoms with van der Waals surface area (Å²) >= 11 is 0. The maximum absolute atomic E-state index is 13.7. The average molecular weight is 445 g/mol. The van der Waals surface area contributed by atoms with Crippen molar-refractivity contribution in [3.05, 3.63) is 78.4 Å². The Morgan fingerprint density at radius 2 is 1.59 bits per heavy atom. The SMILES string of the molecule is COc1ccc(-n2c(N)c(S(=O)(=O)c3cccc(C)c3)c3nc4ccccc4nc32)cc1. The largest absolute Gasteiger partial charge is 0.497 e. The molecule has 0 bridgehead atoms. The number of aromatic nitrogens is 3. The first kappa shape index (κ1) is 20.0. The number of ether oxygens (including phenoxy) is 1. The predicted molar refractivity (Wildman–Crippen MR) is 124 cm³/mol. The van der Waals surface area contributed by atoms with Gasteiger partial charge in [-0.05, 0) is 61.0 Å². The molecule has 32 heavy (non-hydrogen) atoms. The highest BCUT2D eigenvalue weighted by Crippen LogP contribution is 2.37. The van der Waals surface area contributed by atoms with Crippen molar-refractivity contribution in [1.29, 1.82) is 0 Å². The van der Waals surface area contributed by atoms with Crippen molar-refractivity contribution in [3.63, 3.8) is 0 Å². The Kier molecular flexibility index (Phi) is 4.60. The first-order valence-corrected chi connectivity index (χ1v) is 11.4. The second kappa shape index (κ2) is 7.35. The summed E-state index contributed by atoms with van der Waals surface area (Å²) in [6.45, 7) is 1.84. The van der Waals surface area contributed by atoms with Crippen LogP contribution in [0.1, 0.15) is 5.56 Å². The van der Waals surface area contributed by atoms with E-state index >= 15 is 0 Å². The number of rotatable bonds is 4. The number of nitrogen functional groups attached to an aromatic ring is 1. The smallest absolute Gasteiger partial charge is 0.212 e. The summed E-state index contributed by atoms with van der Waals surface area (Å²) in [5, 5.41) is 0. The Bertz CT molecular complexity index is 1590. The van der Waals surface area contributed by atoms with Crippen LogP contribution in [-0.2, 0) is 9.84 Å². The topological polar surface area (TPSA) is 100 Å². The number of para-hydroxylation sites is 2. The molecule has 5 aromatic rings. The van der Waals surface area contributed by atoms with E-state index in [9.17, 15) is 8.42 Å². The van der Waals surface area contributed by atoms with Crippen LogP contribution in [-0.4, -0.2) is 30.1 Å². The van der Waals surface area contributed by atoms with Gasteiger partial charge in [0.1, 0.15) is 22.0 Å². The standard InChI is InChI=1S/C24H20N4O3S/c1-15-6-5-7-18(14-15)32(29,30)22-21-24(27-20-9-4-3-8-19(20)26-21)28(23(22)25)16-10-12-17(31-2)13-11-16/h3-14H,25H2,1-2H3. The number of fused-ring (bicyclic) bond motifs is 2. The van der Waals surface area contributed by atoms with Crippen LogP contribution in [0.3, 0.4) is 0 Å². The monoisotopic (exact) mass is 444 g/mol. The number of hydrogen-bond acceptors (Lipinski definition) is 6. The van der Waals surface area contributed by atoms with Gasteiger partial charge in [0.2, 0.25) is 9.84 Å². The van der Waals surface area contributed by atoms with E-state index in [1.54, 1.807) is 60.2 Å². The number of sulfone groups is 1. The van der Waals surface area contributed by atoms with E-state index in [1.165, 1.54) is 0 Å². The fraction of sp³-hybridized carbons (Fsp3) is 0.0833. The summed E-state index contributed by atoms with van der Waals surface area (Å²) in [5.41, 5.74) is 9.85. The quantitative estimate of drug-likeness (QED) is 0.443. The van der Waals surface area contributed by atoms with Gasteiger partial charge in [-0.25, -0.2) is 18.4 Å². The van der Waals surface area contributed by atoms with Gasteiger partial charge in [0, 0.05) is 5.69 Å². The highest BCUT2D eigenvalue weighted by Gasteiger charge is 2.30. The van der Waals surface area contributed by atoms with Crippen molar-refractivity contribution in [2.24, 2.45) is 0 Å². The maximum atomic E-state index is 13.7. The van der Waals surface area contributed by atoms with E-state index in [2.05, 4.69) is 4.98 Å². The van der Waals surface area contributed by atoms with Crippen LogP contribution >= 0.6 is 0 Å². The molecule has 0 aliphatic heterocycles. The molecule has 0 amide bonds. The first-order valence-electron chi connectivity index (χ1n) is 9.93. The molecule has 2 heterocycles. The lowest BCUT2D eigenvalue weighted by molar-refractivity contribution is 0.415. The number of nitrogens with zero attached hydrogens (tertiary/aromatic N) is 3. The predicted octanol–water partition coefficient (Wildman–Crippen LogP) is 4.31. The van der Waals surface area contributed by atoms with Crippen LogP contribution in [0.25, 0.3) is 27.9 Å². The Morgan fingerprint density at radius 1 is 0.906 bits per heavy atom. The van der Waals surface area contributed by atoms with Crippen molar-refractivity contribution < 1.29 is 13.2 Å². The molecule has 0 aliphatic carbocycles. The van der Waals surface area contributed by atoms with Crippen LogP contribution in [0.4, 0.5) is 5.82 Å². The molecule has 8 heteroatoms. The molecular weight excluding hydrogens is 424 g/mol. The van der Waals surface area contributed by atoms with Gasteiger partial charge in [-0.2, -0.15) is 0 Å². The summed E-state index contributed by atoms with van der Waals surface area (Å²) in [5.74, 6) is 0.731. The highest BCUT2D eigenvalue weighted by molar-refractivity contribution is 7.92. The fourth-order valence-electron chi connectivity index (χ4n) is 3.79. The Hall–Kier alpha value is -3.91. The molecule has 7 nitrogen and oxygen atoms in total. The molecule has 0 aliphatic rings. The molecule has 0 spiro atoms. The Labute approximate surface area is 185 Å². The van der Waals surface area contributed by atoms with Gasteiger partial charge in [-0.3, -0.25) is 4.57 Å². The van der Waals surface area contributed by atoms with E-state index < -0.39 is 9.84 Å². The van der Waals surface area contributed by atoms with Gasteiger partial charge >= 0.3 is 0 Å². The Balaban J connectivity index is 1.88. The molecule has 3 aromatic carbocycles. The van der Waals surface area contributed by atoms with Gasteiger partial charge < -0.3 is 10.5 Å². The van der Waals surface area contributed by atoms with Crippen molar-refractivity contribution in [1.82, 2.24) is 14.5 Å². The number of benzene rings is 3. The summed E-state index contributed by atoms with van der Waals surface area (Å²) in [6, 6.07) is 21.2. The van der Waals surface area contributed by atoms with Crippen molar-refractivity contribution in [2.45, 2.75) is 16.7 Å². The van der Waals surface area contributed by atoms with E-state index in [0.29, 0.717) is 28.1 Å². The van der Waals surface area contributed by atoms with Gasteiger partial charge in [0.25, 0.3) is 0 Å². The van der Waals surface area contributed by atoms with Crippen LogP contribution in [0.5, 0.6) is 5.75 Å². The number of hydrogen-bond donors (Lipinski definition) is 1. The minimum atomic E-state index is -3.96. The molecule has 0 fully saturated rings. The second-order valence-electron chi connectivity index (χ2n) is 7.45. The van der Waals surface area contributed by atoms with Crippen LogP contribution in [0.15, 0.2) is 82.6 Å². The van der Waals surface area contributed by atoms with E-state index in [1.807, 2.05) is 31.2 Å². The van der Waals surface area contributed by atoms with Crippen molar-refractivity contribution in [2.75, 3.05) is 12.8 Å².